The summed E-state index contributed by atoms with van der Waals surface area (Å²) in [6, 6.07) is 15.5. The molecule has 0 heterocycles. The first kappa shape index (κ1) is 19.1. The summed E-state index contributed by atoms with van der Waals surface area (Å²) in [6.07, 6.45) is 0. The van der Waals surface area contributed by atoms with E-state index in [0.29, 0.717) is 12.1 Å². The van der Waals surface area contributed by atoms with Gasteiger partial charge in [-0.25, -0.2) is 0 Å². The van der Waals surface area contributed by atoms with Crippen molar-refractivity contribution in [2.24, 2.45) is 0 Å². The highest BCUT2D eigenvalue weighted by atomic mass is 32.2. The highest BCUT2D eigenvalue weighted by Crippen LogP contribution is 2.25. The number of nitrogens with one attached hydrogen (secondary N) is 1. The number of thioether (sulfide) groups is 1. The Balaban J connectivity index is 1.94. The fraction of sp³-hybridized carbons (Fsp3) is 0.300. The first-order valence-corrected chi connectivity index (χ1v) is 9.08. The Morgan fingerprint density at radius 3 is 2.24 bits per heavy atom. The van der Waals surface area contributed by atoms with E-state index >= 15 is 0 Å². The molecule has 25 heavy (non-hydrogen) atoms. The van der Waals surface area contributed by atoms with Gasteiger partial charge in [-0.15, -0.1) is 11.8 Å². The van der Waals surface area contributed by atoms with Gasteiger partial charge in [0.05, 0.1) is 5.25 Å². The quantitative estimate of drug-likeness (QED) is 0.806. The number of carbonyl (C=O) groups is 2. The predicted octanol–water partition coefficient (Wildman–Crippen LogP) is 3.49. The average Bonchev–Trinajstić information content (AvgIpc) is 2.62. The van der Waals surface area contributed by atoms with Gasteiger partial charge < -0.3 is 10.2 Å². The predicted molar refractivity (Wildman–Crippen MR) is 103 cm³/mol. The lowest BCUT2D eigenvalue weighted by Gasteiger charge is -2.21. The normalized spacial score (nSPS) is 11.7. The van der Waals surface area contributed by atoms with Crippen LogP contribution in [-0.2, 0) is 11.3 Å². The van der Waals surface area contributed by atoms with Gasteiger partial charge in [0.1, 0.15) is 0 Å². The number of carbonyl (C=O) groups excluding carboxylic acids is 2. The fourth-order valence-electron chi connectivity index (χ4n) is 2.44. The third kappa shape index (κ3) is 5.36. The Labute approximate surface area is 153 Å². The summed E-state index contributed by atoms with van der Waals surface area (Å²) in [5.74, 6) is -0.0277. The van der Waals surface area contributed by atoms with Gasteiger partial charge in [-0.05, 0) is 43.7 Å². The third-order valence-corrected chi connectivity index (χ3v) is 5.02. The smallest absolute Gasteiger partial charge is 0.251 e. The van der Waals surface area contributed by atoms with Gasteiger partial charge in [0.2, 0.25) is 5.91 Å². The van der Waals surface area contributed by atoms with Crippen molar-refractivity contribution in [3.8, 4) is 0 Å². The topological polar surface area (TPSA) is 49.4 Å². The summed E-state index contributed by atoms with van der Waals surface area (Å²) < 4.78 is 0. The largest absolute Gasteiger partial charge is 0.355 e. The van der Waals surface area contributed by atoms with Gasteiger partial charge in [-0.2, -0.15) is 0 Å². The van der Waals surface area contributed by atoms with Crippen LogP contribution in [0.25, 0.3) is 0 Å². The van der Waals surface area contributed by atoms with Crippen LogP contribution in [0, 0.1) is 6.92 Å². The highest BCUT2D eigenvalue weighted by molar-refractivity contribution is 8.00. The molecule has 0 radical (unpaired) electrons. The molecule has 1 unspecified atom stereocenters. The van der Waals surface area contributed by atoms with E-state index in [-0.39, 0.29) is 17.1 Å². The first-order valence-electron chi connectivity index (χ1n) is 8.20. The first-order chi connectivity index (χ1) is 11.9. The Bertz CT molecular complexity index is 726. The van der Waals surface area contributed by atoms with E-state index in [1.54, 1.807) is 42.9 Å². The van der Waals surface area contributed by atoms with Gasteiger partial charge >= 0.3 is 0 Å². The molecule has 0 aliphatic rings. The molecule has 2 amide bonds. The van der Waals surface area contributed by atoms with Crippen molar-refractivity contribution in [3.63, 3.8) is 0 Å². The molecule has 0 saturated heterocycles. The molecule has 0 bridgehead atoms. The second-order valence-corrected chi connectivity index (χ2v) is 7.46. The summed E-state index contributed by atoms with van der Waals surface area (Å²) >= 11 is 1.56. The van der Waals surface area contributed by atoms with Crippen LogP contribution in [0.3, 0.4) is 0 Å². The molecule has 132 valence electrons. The highest BCUT2D eigenvalue weighted by Gasteiger charge is 2.19. The number of benzene rings is 2. The average molecular weight is 356 g/mol. The maximum absolute atomic E-state index is 12.6. The zero-order valence-corrected chi connectivity index (χ0v) is 15.9. The molecule has 0 spiro atoms. The molecule has 4 nitrogen and oxygen atoms in total. The van der Waals surface area contributed by atoms with Crippen molar-refractivity contribution in [3.05, 3.63) is 65.2 Å². The maximum Gasteiger partial charge on any atom is 0.251 e. The number of nitrogens with zero attached hydrogens (tertiary/aromatic N) is 1. The van der Waals surface area contributed by atoms with Crippen LogP contribution < -0.4 is 5.32 Å². The molecule has 1 atom stereocenters. The second-order valence-electron chi connectivity index (χ2n) is 6.04. The monoisotopic (exact) mass is 356 g/mol. The minimum absolute atomic E-state index is 0.0842. The van der Waals surface area contributed by atoms with Gasteiger partial charge in [-0.1, -0.05) is 29.8 Å². The molecule has 0 saturated carbocycles. The second kappa shape index (κ2) is 8.72. The molecular weight excluding hydrogens is 332 g/mol. The minimum Gasteiger partial charge on any atom is -0.355 e. The van der Waals surface area contributed by atoms with Crippen LogP contribution in [0.1, 0.15) is 28.4 Å². The van der Waals surface area contributed by atoms with Crippen LogP contribution in [0.5, 0.6) is 0 Å². The Hall–Kier alpha value is -2.27. The molecule has 2 aromatic rings. The van der Waals surface area contributed by atoms with E-state index in [1.165, 1.54) is 5.56 Å². The lowest BCUT2D eigenvalue weighted by Crippen LogP contribution is -2.32. The van der Waals surface area contributed by atoms with Gasteiger partial charge in [-0.3, -0.25) is 9.59 Å². The molecule has 1 N–H and O–H groups in total. The minimum atomic E-state index is -0.155. The van der Waals surface area contributed by atoms with E-state index in [9.17, 15) is 9.59 Å². The zero-order valence-electron chi connectivity index (χ0n) is 15.1. The molecule has 5 heteroatoms. The molecule has 2 rings (SSSR count). The van der Waals surface area contributed by atoms with E-state index in [4.69, 9.17) is 0 Å². The number of aryl methyl sites for hydroxylation is 1. The van der Waals surface area contributed by atoms with Crippen LogP contribution >= 0.6 is 11.8 Å². The van der Waals surface area contributed by atoms with Gasteiger partial charge in [0.15, 0.2) is 0 Å². The Morgan fingerprint density at radius 2 is 1.68 bits per heavy atom. The van der Waals surface area contributed by atoms with Crippen molar-refractivity contribution in [2.45, 2.75) is 30.5 Å². The fourth-order valence-corrected chi connectivity index (χ4v) is 3.42. The Kier molecular flexibility index (Phi) is 6.65. The summed E-state index contributed by atoms with van der Waals surface area (Å²) in [4.78, 5) is 27.0. The lowest BCUT2D eigenvalue weighted by molar-refractivity contribution is -0.129. The lowest BCUT2D eigenvalue weighted by atomic mass is 10.1. The number of amides is 2. The van der Waals surface area contributed by atoms with Crippen LogP contribution in [-0.4, -0.2) is 36.1 Å². The maximum atomic E-state index is 12.6. The van der Waals surface area contributed by atoms with E-state index in [0.717, 1.165) is 10.5 Å². The zero-order chi connectivity index (χ0) is 18.4. The third-order valence-electron chi connectivity index (χ3n) is 3.92. The SMILES string of the molecule is CNC(=O)c1ccc(CN(C)C(=O)C(C)Sc2ccc(C)cc2)cc1. The molecule has 0 aromatic heterocycles. The van der Waals surface area contributed by atoms with E-state index in [2.05, 4.69) is 17.4 Å². The molecule has 2 aromatic carbocycles. The number of hydrogen-bond donors (Lipinski definition) is 1. The molecule has 0 aliphatic heterocycles. The number of rotatable bonds is 6. The van der Waals surface area contributed by atoms with Gasteiger partial charge in [0.25, 0.3) is 5.91 Å². The van der Waals surface area contributed by atoms with Crippen molar-refractivity contribution in [1.82, 2.24) is 10.2 Å². The van der Waals surface area contributed by atoms with Crippen LogP contribution in [0.15, 0.2) is 53.4 Å². The Morgan fingerprint density at radius 1 is 1.08 bits per heavy atom. The van der Waals surface area contributed by atoms with Crippen LogP contribution in [0.2, 0.25) is 0 Å². The van der Waals surface area contributed by atoms with Crippen molar-refractivity contribution >= 4 is 23.6 Å². The molecular formula is C20H24N2O2S. The summed E-state index contributed by atoms with van der Waals surface area (Å²) in [5, 5.41) is 2.44. The summed E-state index contributed by atoms with van der Waals surface area (Å²) in [5.41, 5.74) is 2.82. The van der Waals surface area contributed by atoms with Crippen molar-refractivity contribution in [1.29, 1.82) is 0 Å². The van der Waals surface area contributed by atoms with Crippen LogP contribution in [0.4, 0.5) is 0 Å². The van der Waals surface area contributed by atoms with Crippen molar-refractivity contribution < 1.29 is 9.59 Å². The standard InChI is InChI=1S/C20H24N2O2S/c1-14-5-11-18(12-6-14)25-15(2)20(24)22(4)13-16-7-9-17(10-8-16)19(23)21-3/h5-12,15H,13H2,1-4H3,(H,21,23). The summed E-state index contributed by atoms with van der Waals surface area (Å²) in [6.45, 7) is 4.50. The molecule has 0 fully saturated rings. The van der Waals surface area contributed by atoms with E-state index < -0.39 is 0 Å². The van der Waals surface area contributed by atoms with E-state index in [1.807, 2.05) is 38.1 Å². The van der Waals surface area contributed by atoms with Gasteiger partial charge in [0, 0.05) is 31.1 Å². The number of hydrogen-bond acceptors (Lipinski definition) is 3. The summed E-state index contributed by atoms with van der Waals surface area (Å²) in [7, 11) is 3.41. The van der Waals surface area contributed by atoms with Crippen molar-refractivity contribution in [2.75, 3.05) is 14.1 Å². The molecule has 0 aliphatic carbocycles.